The maximum atomic E-state index is 6.01. The van der Waals surface area contributed by atoms with Gasteiger partial charge in [-0.15, -0.1) is 12.4 Å². The molecule has 3 heterocycles. The van der Waals surface area contributed by atoms with Crippen LogP contribution in [-0.2, 0) is 6.54 Å². The summed E-state index contributed by atoms with van der Waals surface area (Å²) in [5.74, 6) is 0. The Kier molecular flexibility index (Phi) is 5.88. The van der Waals surface area contributed by atoms with Gasteiger partial charge in [-0.25, -0.2) is 4.98 Å². The third-order valence-corrected chi connectivity index (χ3v) is 4.30. The molecule has 3 rings (SSSR count). The van der Waals surface area contributed by atoms with E-state index in [2.05, 4.69) is 16.1 Å². The Morgan fingerprint density at radius 1 is 1.29 bits per heavy atom. The predicted molar refractivity (Wildman–Crippen MR) is 89.2 cm³/mol. The van der Waals surface area contributed by atoms with Gasteiger partial charge in [0.25, 0.3) is 0 Å². The Morgan fingerprint density at radius 3 is 2.95 bits per heavy atom. The molecule has 6 heteroatoms. The van der Waals surface area contributed by atoms with Crippen LogP contribution in [0.15, 0.2) is 24.5 Å². The molecule has 1 aliphatic heterocycles. The summed E-state index contributed by atoms with van der Waals surface area (Å²) in [4.78, 5) is 7.20. The fourth-order valence-corrected chi connectivity index (χ4v) is 3.26. The molecule has 2 aromatic rings. The van der Waals surface area contributed by atoms with Crippen molar-refractivity contribution in [3.05, 3.63) is 35.2 Å². The number of nitrogens with two attached hydrogens (primary N) is 1. The zero-order chi connectivity index (χ0) is 13.9. The average molecular weight is 329 g/mol. The summed E-state index contributed by atoms with van der Waals surface area (Å²) in [5, 5.41) is 0.737. The number of hydrogen-bond acceptors (Lipinski definition) is 3. The first-order chi connectivity index (χ1) is 9.76. The molecule has 1 saturated heterocycles. The number of aromatic nitrogens is 2. The van der Waals surface area contributed by atoms with Gasteiger partial charge in [-0.3, -0.25) is 4.90 Å². The second kappa shape index (κ2) is 7.45. The van der Waals surface area contributed by atoms with Crippen LogP contribution in [0.3, 0.4) is 0 Å². The third-order valence-electron chi connectivity index (χ3n) is 4.08. The summed E-state index contributed by atoms with van der Waals surface area (Å²) < 4.78 is 2.00. The van der Waals surface area contributed by atoms with Crippen LogP contribution in [0.5, 0.6) is 0 Å². The maximum absolute atomic E-state index is 6.01. The molecule has 4 nitrogen and oxygen atoms in total. The SMILES string of the molecule is Cl.NCCC1CCCCN1Cc1cn2cc(Cl)ccc2n1. The summed E-state index contributed by atoms with van der Waals surface area (Å²) >= 11 is 6.01. The topological polar surface area (TPSA) is 46.6 Å². The standard InChI is InChI=1S/C15H21ClN4.ClH/c16-12-4-5-15-18-13(11-20(15)9-12)10-19-8-2-1-3-14(19)6-7-17;/h4-5,9,11,14H,1-3,6-8,10,17H2;1H. The molecule has 1 aliphatic rings. The van der Waals surface area contributed by atoms with Crippen molar-refractivity contribution in [3.63, 3.8) is 0 Å². The van der Waals surface area contributed by atoms with Crippen LogP contribution in [0.1, 0.15) is 31.4 Å². The third kappa shape index (κ3) is 3.89. The summed E-state index contributed by atoms with van der Waals surface area (Å²) in [6, 6.07) is 4.45. The minimum Gasteiger partial charge on any atom is -0.330 e. The van der Waals surface area contributed by atoms with Gasteiger partial charge in [-0.2, -0.15) is 0 Å². The Balaban J connectivity index is 0.00000161. The summed E-state index contributed by atoms with van der Waals surface area (Å²) in [7, 11) is 0. The largest absolute Gasteiger partial charge is 0.330 e. The number of piperidine rings is 1. The average Bonchev–Trinajstić information content (AvgIpc) is 2.82. The van der Waals surface area contributed by atoms with Gasteiger partial charge in [-0.05, 0) is 44.5 Å². The molecule has 0 bridgehead atoms. The van der Waals surface area contributed by atoms with Gasteiger partial charge in [0.2, 0.25) is 0 Å². The van der Waals surface area contributed by atoms with E-state index in [4.69, 9.17) is 17.3 Å². The minimum atomic E-state index is 0. The number of pyridine rings is 1. The number of halogens is 2. The molecule has 1 atom stereocenters. The van der Waals surface area contributed by atoms with E-state index in [0.29, 0.717) is 6.04 Å². The monoisotopic (exact) mass is 328 g/mol. The lowest BCUT2D eigenvalue weighted by molar-refractivity contribution is 0.132. The van der Waals surface area contributed by atoms with Crippen LogP contribution in [0.2, 0.25) is 5.02 Å². The zero-order valence-corrected chi connectivity index (χ0v) is 13.6. The molecule has 0 aliphatic carbocycles. The highest BCUT2D eigenvalue weighted by Crippen LogP contribution is 2.22. The zero-order valence-electron chi connectivity index (χ0n) is 12.0. The van der Waals surface area contributed by atoms with Gasteiger partial charge in [0.05, 0.1) is 10.7 Å². The van der Waals surface area contributed by atoms with Gasteiger partial charge in [0.15, 0.2) is 0 Å². The molecule has 1 unspecified atom stereocenters. The lowest BCUT2D eigenvalue weighted by Gasteiger charge is -2.35. The second-order valence-corrected chi connectivity index (χ2v) is 5.98. The number of likely N-dealkylation sites (tertiary alicyclic amines) is 1. The molecule has 0 saturated carbocycles. The van der Waals surface area contributed by atoms with Crippen LogP contribution >= 0.6 is 24.0 Å². The van der Waals surface area contributed by atoms with E-state index in [1.807, 2.05) is 22.7 Å². The Labute approximate surface area is 136 Å². The lowest BCUT2D eigenvalue weighted by Crippen LogP contribution is -2.40. The molecule has 0 amide bonds. The van der Waals surface area contributed by atoms with E-state index in [1.54, 1.807) is 0 Å². The Morgan fingerprint density at radius 2 is 2.14 bits per heavy atom. The highest BCUT2D eigenvalue weighted by Gasteiger charge is 2.22. The molecule has 2 N–H and O–H groups in total. The molecule has 0 aromatic carbocycles. The van der Waals surface area contributed by atoms with Crippen molar-refractivity contribution < 1.29 is 0 Å². The number of nitrogens with zero attached hydrogens (tertiary/aromatic N) is 3. The number of rotatable bonds is 4. The first kappa shape index (κ1) is 16.6. The fraction of sp³-hybridized carbons (Fsp3) is 0.533. The molecular weight excluding hydrogens is 307 g/mol. The number of fused-ring (bicyclic) bond motifs is 1. The van der Waals surface area contributed by atoms with Crippen molar-refractivity contribution in [2.24, 2.45) is 5.73 Å². The Bertz CT molecular complexity index is 582. The van der Waals surface area contributed by atoms with Crippen LogP contribution in [0, 0.1) is 0 Å². The van der Waals surface area contributed by atoms with Gasteiger partial charge in [0.1, 0.15) is 5.65 Å². The molecular formula is C15H22Cl2N4. The fourth-order valence-electron chi connectivity index (χ4n) is 3.09. The van der Waals surface area contributed by atoms with Crippen molar-refractivity contribution >= 4 is 29.7 Å². The van der Waals surface area contributed by atoms with Gasteiger partial charge in [0, 0.05) is 25.0 Å². The van der Waals surface area contributed by atoms with E-state index in [9.17, 15) is 0 Å². The van der Waals surface area contributed by atoms with Crippen molar-refractivity contribution in [2.75, 3.05) is 13.1 Å². The van der Waals surface area contributed by atoms with Gasteiger partial charge >= 0.3 is 0 Å². The van der Waals surface area contributed by atoms with E-state index in [-0.39, 0.29) is 12.4 Å². The molecule has 0 radical (unpaired) electrons. The lowest BCUT2D eigenvalue weighted by atomic mass is 9.99. The molecule has 2 aromatic heterocycles. The Hall–Kier alpha value is -0.810. The highest BCUT2D eigenvalue weighted by molar-refractivity contribution is 6.30. The van der Waals surface area contributed by atoms with Gasteiger partial charge in [-0.1, -0.05) is 18.0 Å². The normalized spacial score (nSPS) is 19.6. The quantitative estimate of drug-likeness (QED) is 0.937. The van der Waals surface area contributed by atoms with E-state index >= 15 is 0 Å². The van der Waals surface area contributed by atoms with E-state index in [1.165, 1.54) is 19.3 Å². The molecule has 1 fully saturated rings. The number of hydrogen-bond donors (Lipinski definition) is 1. The van der Waals surface area contributed by atoms with Gasteiger partial charge < -0.3 is 10.1 Å². The molecule has 116 valence electrons. The van der Waals surface area contributed by atoms with Crippen LogP contribution in [0.25, 0.3) is 5.65 Å². The van der Waals surface area contributed by atoms with E-state index in [0.717, 1.165) is 42.4 Å². The van der Waals surface area contributed by atoms with Crippen LogP contribution in [0.4, 0.5) is 0 Å². The highest BCUT2D eigenvalue weighted by atomic mass is 35.5. The molecule has 21 heavy (non-hydrogen) atoms. The van der Waals surface area contributed by atoms with Crippen molar-refractivity contribution in [1.82, 2.24) is 14.3 Å². The van der Waals surface area contributed by atoms with Crippen LogP contribution in [-0.4, -0.2) is 33.4 Å². The predicted octanol–water partition coefficient (Wildman–Crippen LogP) is 3.11. The van der Waals surface area contributed by atoms with Crippen molar-refractivity contribution in [3.8, 4) is 0 Å². The molecule has 0 spiro atoms. The summed E-state index contributed by atoms with van der Waals surface area (Å²) in [6.07, 6.45) is 8.92. The second-order valence-electron chi connectivity index (χ2n) is 5.54. The first-order valence-corrected chi connectivity index (χ1v) is 7.71. The summed E-state index contributed by atoms with van der Waals surface area (Å²) in [5.41, 5.74) is 7.79. The van der Waals surface area contributed by atoms with Crippen molar-refractivity contribution in [2.45, 2.75) is 38.3 Å². The number of imidazole rings is 1. The smallest absolute Gasteiger partial charge is 0.137 e. The minimum absolute atomic E-state index is 0. The maximum Gasteiger partial charge on any atom is 0.137 e. The van der Waals surface area contributed by atoms with Crippen LogP contribution < -0.4 is 5.73 Å². The van der Waals surface area contributed by atoms with E-state index < -0.39 is 0 Å². The summed E-state index contributed by atoms with van der Waals surface area (Å²) in [6.45, 7) is 2.82. The first-order valence-electron chi connectivity index (χ1n) is 7.33. The van der Waals surface area contributed by atoms with Crippen molar-refractivity contribution in [1.29, 1.82) is 0 Å².